The molecule has 0 radical (unpaired) electrons. The van der Waals surface area contributed by atoms with E-state index < -0.39 is 0 Å². The Balaban J connectivity index is 1.44. The van der Waals surface area contributed by atoms with Crippen LogP contribution in [0, 0.1) is 0 Å². The molecule has 24 heavy (non-hydrogen) atoms. The molecule has 1 aromatic rings. The predicted molar refractivity (Wildman–Crippen MR) is 94.5 cm³/mol. The van der Waals surface area contributed by atoms with Crippen molar-refractivity contribution in [1.82, 2.24) is 15.1 Å². The summed E-state index contributed by atoms with van der Waals surface area (Å²) in [7, 11) is 0. The molecule has 0 saturated carbocycles. The van der Waals surface area contributed by atoms with Gasteiger partial charge in [0, 0.05) is 19.6 Å². The van der Waals surface area contributed by atoms with Crippen LogP contribution in [0.5, 0.6) is 0 Å². The first-order valence-corrected chi connectivity index (χ1v) is 9.16. The van der Waals surface area contributed by atoms with Crippen molar-refractivity contribution < 1.29 is 9.90 Å². The van der Waals surface area contributed by atoms with Crippen molar-refractivity contribution in [2.75, 3.05) is 32.7 Å². The number of hydrogen-bond donors (Lipinski definition) is 2. The summed E-state index contributed by atoms with van der Waals surface area (Å²) in [5.41, 5.74) is 2.47. The van der Waals surface area contributed by atoms with Crippen molar-refractivity contribution >= 4 is 5.91 Å². The molecule has 2 aliphatic rings. The predicted octanol–water partition coefficient (Wildman–Crippen LogP) is 1.36. The zero-order valence-corrected chi connectivity index (χ0v) is 14.4. The van der Waals surface area contributed by atoms with Crippen LogP contribution in [0.3, 0.4) is 0 Å². The largest absolute Gasteiger partial charge is 0.392 e. The number of benzene rings is 1. The molecule has 132 valence electrons. The van der Waals surface area contributed by atoms with E-state index in [1.165, 1.54) is 31.5 Å². The number of amides is 1. The van der Waals surface area contributed by atoms with Gasteiger partial charge in [0.1, 0.15) is 0 Å². The van der Waals surface area contributed by atoms with Gasteiger partial charge in [-0.1, -0.05) is 24.3 Å². The topological polar surface area (TPSA) is 55.8 Å². The second-order valence-electron chi connectivity index (χ2n) is 7.11. The molecule has 1 amide bonds. The summed E-state index contributed by atoms with van der Waals surface area (Å²) in [6, 6.07) is 8.51. The van der Waals surface area contributed by atoms with Crippen LogP contribution in [0.2, 0.25) is 0 Å². The van der Waals surface area contributed by atoms with E-state index in [-0.39, 0.29) is 12.0 Å². The normalized spacial score (nSPS) is 22.6. The highest BCUT2D eigenvalue weighted by atomic mass is 16.3. The standard InChI is InChI=1S/C19H29N3O2/c23-18-7-4-10-22(14-18)15-19(24)20-12-16-5-3-6-17(11-16)13-21-8-1-2-9-21/h3,5-6,11,18,23H,1-2,4,7-10,12-15H2,(H,20,24)/t18-/m1/s1. The first-order valence-electron chi connectivity index (χ1n) is 9.16. The summed E-state index contributed by atoms with van der Waals surface area (Å²) in [6.45, 7) is 5.86. The van der Waals surface area contributed by atoms with Gasteiger partial charge < -0.3 is 10.4 Å². The Morgan fingerprint density at radius 1 is 1.12 bits per heavy atom. The smallest absolute Gasteiger partial charge is 0.234 e. The van der Waals surface area contributed by atoms with Crippen molar-refractivity contribution in [2.24, 2.45) is 0 Å². The van der Waals surface area contributed by atoms with Crippen LogP contribution >= 0.6 is 0 Å². The molecule has 2 N–H and O–H groups in total. The summed E-state index contributed by atoms with van der Waals surface area (Å²) < 4.78 is 0. The summed E-state index contributed by atoms with van der Waals surface area (Å²) in [4.78, 5) is 16.6. The number of nitrogens with zero attached hydrogens (tertiary/aromatic N) is 2. The SMILES string of the molecule is O=C(CN1CCC[C@@H](O)C1)NCc1cccc(CN2CCCC2)c1. The number of aliphatic hydroxyl groups excluding tert-OH is 1. The number of carbonyl (C=O) groups is 1. The van der Waals surface area contributed by atoms with Gasteiger partial charge in [-0.25, -0.2) is 0 Å². The first kappa shape index (κ1) is 17.4. The fourth-order valence-corrected chi connectivity index (χ4v) is 3.67. The van der Waals surface area contributed by atoms with Crippen molar-refractivity contribution in [3.05, 3.63) is 35.4 Å². The zero-order chi connectivity index (χ0) is 16.8. The van der Waals surface area contributed by atoms with Gasteiger partial charge in [-0.05, 0) is 56.4 Å². The highest BCUT2D eigenvalue weighted by molar-refractivity contribution is 5.78. The minimum Gasteiger partial charge on any atom is -0.392 e. The van der Waals surface area contributed by atoms with Gasteiger partial charge in [-0.15, -0.1) is 0 Å². The van der Waals surface area contributed by atoms with Crippen LogP contribution < -0.4 is 5.32 Å². The molecule has 2 saturated heterocycles. The third kappa shape index (κ3) is 5.30. The molecule has 1 aromatic carbocycles. The third-order valence-electron chi connectivity index (χ3n) is 4.93. The maximum atomic E-state index is 12.1. The Labute approximate surface area is 144 Å². The van der Waals surface area contributed by atoms with Gasteiger partial charge >= 0.3 is 0 Å². The molecular weight excluding hydrogens is 302 g/mol. The van der Waals surface area contributed by atoms with Crippen molar-refractivity contribution in [2.45, 2.75) is 44.9 Å². The van der Waals surface area contributed by atoms with Crippen LogP contribution in [0.25, 0.3) is 0 Å². The van der Waals surface area contributed by atoms with Crippen LogP contribution in [-0.4, -0.2) is 59.6 Å². The molecule has 0 spiro atoms. The summed E-state index contributed by atoms with van der Waals surface area (Å²) in [5, 5.41) is 12.7. The number of rotatable bonds is 6. The van der Waals surface area contributed by atoms with Gasteiger partial charge in [-0.2, -0.15) is 0 Å². The van der Waals surface area contributed by atoms with Crippen LogP contribution in [0.4, 0.5) is 0 Å². The molecule has 0 aromatic heterocycles. The number of nitrogens with one attached hydrogen (secondary N) is 1. The first-order chi connectivity index (χ1) is 11.7. The van der Waals surface area contributed by atoms with E-state index in [4.69, 9.17) is 0 Å². The molecule has 2 aliphatic heterocycles. The van der Waals surface area contributed by atoms with Crippen LogP contribution in [0.1, 0.15) is 36.8 Å². The minimum atomic E-state index is -0.284. The monoisotopic (exact) mass is 331 g/mol. The fraction of sp³-hybridized carbons (Fsp3) is 0.632. The highest BCUT2D eigenvalue weighted by Gasteiger charge is 2.19. The number of carbonyl (C=O) groups excluding carboxylic acids is 1. The molecule has 5 heteroatoms. The van der Waals surface area contributed by atoms with Gasteiger partial charge in [0.25, 0.3) is 0 Å². The lowest BCUT2D eigenvalue weighted by molar-refractivity contribution is -0.123. The second kappa shape index (κ2) is 8.60. The van der Waals surface area contributed by atoms with E-state index in [0.717, 1.165) is 31.5 Å². The third-order valence-corrected chi connectivity index (χ3v) is 4.93. The van der Waals surface area contributed by atoms with Gasteiger partial charge in [-0.3, -0.25) is 14.6 Å². The average Bonchev–Trinajstić information content (AvgIpc) is 3.06. The van der Waals surface area contributed by atoms with Crippen molar-refractivity contribution in [3.8, 4) is 0 Å². The quantitative estimate of drug-likeness (QED) is 0.826. The second-order valence-corrected chi connectivity index (χ2v) is 7.11. The molecular formula is C19H29N3O2. The summed E-state index contributed by atoms with van der Waals surface area (Å²) in [5.74, 6) is 0.0362. The molecule has 2 heterocycles. The van der Waals surface area contributed by atoms with E-state index in [0.29, 0.717) is 19.6 Å². The molecule has 0 unspecified atom stereocenters. The van der Waals surface area contributed by atoms with E-state index in [2.05, 4.69) is 34.5 Å². The lowest BCUT2D eigenvalue weighted by atomic mass is 10.1. The number of β-amino-alcohol motifs (C(OH)–C–C–N with tert-alkyl or cyclic N) is 1. The molecule has 1 atom stereocenters. The number of piperidine rings is 1. The minimum absolute atomic E-state index is 0.0362. The van der Waals surface area contributed by atoms with E-state index in [1.54, 1.807) is 0 Å². The van der Waals surface area contributed by atoms with Crippen LogP contribution in [0.15, 0.2) is 24.3 Å². The van der Waals surface area contributed by atoms with Gasteiger partial charge in [0.05, 0.1) is 12.6 Å². The van der Waals surface area contributed by atoms with Gasteiger partial charge in [0.15, 0.2) is 0 Å². The Bertz CT molecular complexity index is 543. The lowest BCUT2D eigenvalue weighted by Gasteiger charge is -2.29. The number of aliphatic hydroxyl groups is 1. The maximum Gasteiger partial charge on any atom is 0.234 e. The zero-order valence-electron chi connectivity index (χ0n) is 14.4. The average molecular weight is 331 g/mol. The number of hydrogen-bond acceptors (Lipinski definition) is 4. The maximum absolute atomic E-state index is 12.1. The highest BCUT2D eigenvalue weighted by Crippen LogP contribution is 2.14. The molecule has 0 aliphatic carbocycles. The van der Waals surface area contributed by atoms with Crippen molar-refractivity contribution in [3.63, 3.8) is 0 Å². The summed E-state index contributed by atoms with van der Waals surface area (Å²) in [6.07, 6.45) is 4.14. The number of likely N-dealkylation sites (tertiary alicyclic amines) is 2. The lowest BCUT2D eigenvalue weighted by Crippen LogP contribution is -2.44. The Morgan fingerprint density at radius 3 is 2.67 bits per heavy atom. The molecule has 2 fully saturated rings. The fourth-order valence-electron chi connectivity index (χ4n) is 3.67. The summed E-state index contributed by atoms with van der Waals surface area (Å²) >= 11 is 0. The van der Waals surface area contributed by atoms with E-state index >= 15 is 0 Å². The molecule has 0 bridgehead atoms. The Hall–Kier alpha value is -1.43. The van der Waals surface area contributed by atoms with Gasteiger partial charge in [0.2, 0.25) is 5.91 Å². The van der Waals surface area contributed by atoms with E-state index in [1.807, 2.05) is 4.90 Å². The Morgan fingerprint density at radius 2 is 1.88 bits per heavy atom. The van der Waals surface area contributed by atoms with Crippen molar-refractivity contribution in [1.29, 1.82) is 0 Å². The van der Waals surface area contributed by atoms with E-state index in [9.17, 15) is 9.90 Å². The molecule has 3 rings (SSSR count). The Kier molecular flexibility index (Phi) is 6.24. The van der Waals surface area contributed by atoms with Crippen LogP contribution in [-0.2, 0) is 17.9 Å². The molecule has 5 nitrogen and oxygen atoms in total.